The summed E-state index contributed by atoms with van der Waals surface area (Å²) in [5.74, 6) is 2.03. The van der Waals surface area contributed by atoms with Gasteiger partial charge in [0, 0.05) is 29.6 Å². The van der Waals surface area contributed by atoms with Crippen LogP contribution in [-0.4, -0.2) is 17.4 Å². The van der Waals surface area contributed by atoms with Crippen molar-refractivity contribution < 1.29 is 0 Å². The molecule has 0 radical (unpaired) electrons. The Hall–Kier alpha value is -1.94. The van der Waals surface area contributed by atoms with E-state index in [1.807, 2.05) is 4.68 Å². The first-order valence-electron chi connectivity index (χ1n) is 9.17. The third-order valence-corrected chi connectivity index (χ3v) is 6.34. The van der Waals surface area contributed by atoms with Crippen molar-refractivity contribution in [3.63, 3.8) is 0 Å². The van der Waals surface area contributed by atoms with Gasteiger partial charge in [0.05, 0.1) is 5.69 Å². The Labute approximate surface area is 153 Å². The zero-order valence-corrected chi connectivity index (χ0v) is 16.0. The second-order valence-corrected chi connectivity index (χ2v) is 8.03. The largest absolute Gasteiger partial charge is 0.258 e. The molecule has 2 aliphatic rings. The summed E-state index contributed by atoms with van der Waals surface area (Å²) in [6.07, 6.45) is 9.48. The summed E-state index contributed by atoms with van der Waals surface area (Å²) in [5.41, 5.74) is 4.98. The summed E-state index contributed by atoms with van der Waals surface area (Å²) < 4.78 is 2.04. The van der Waals surface area contributed by atoms with Gasteiger partial charge >= 0.3 is 0 Å². The quantitative estimate of drug-likeness (QED) is 0.559. The lowest BCUT2D eigenvalue weighted by Gasteiger charge is -2.12. The average Bonchev–Trinajstić information content (AvgIpc) is 3.31. The average molecular weight is 352 g/mol. The van der Waals surface area contributed by atoms with Gasteiger partial charge in [0.1, 0.15) is 0 Å². The first kappa shape index (κ1) is 16.5. The highest BCUT2D eigenvalue weighted by atomic mass is 32.1. The smallest absolute Gasteiger partial charge is 0.206 e. The summed E-state index contributed by atoms with van der Waals surface area (Å²) in [6, 6.07) is 6.62. The molecule has 0 N–H and O–H groups in total. The first-order valence-corrected chi connectivity index (χ1v) is 10.0. The van der Waals surface area contributed by atoms with Crippen LogP contribution >= 0.6 is 11.3 Å². The van der Waals surface area contributed by atoms with E-state index in [1.165, 1.54) is 29.5 Å². The SMILES string of the molecule is CCN=c1scc(-c2ccc(C)c(C)c2)n1N=CC1CC2C=CC1C2. The Balaban J connectivity index is 1.72. The molecule has 2 aliphatic carbocycles. The first-order chi connectivity index (χ1) is 12.2. The van der Waals surface area contributed by atoms with E-state index in [9.17, 15) is 0 Å². The minimum Gasteiger partial charge on any atom is -0.258 e. The van der Waals surface area contributed by atoms with Crippen molar-refractivity contribution in [2.45, 2.75) is 33.6 Å². The number of hydrogen-bond donors (Lipinski definition) is 0. The topological polar surface area (TPSA) is 29.6 Å². The van der Waals surface area contributed by atoms with E-state index in [1.54, 1.807) is 11.3 Å². The van der Waals surface area contributed by atoms with Crippen LogP contribution in [0, 0.1) is 31.6 Å². The number of aryl methyl sites for hydroxylation is 2. The Bertz CT molecular complexity index is 900. The predicted octanol–water partition coefficient (Wildman–Crippen LogP) is 4.80. The summed E-state index contributed by atoms with van der Waals surface area (Å²) in [6.45, 7) is 7.17. The van der Waals surface area contributed by atoms with Gasteiger partial charge in [-0.25, -0.2) is 4.68 Å². The van der Waals surface area contributed by atoms with Crippen LogP contribution in [0.1, 0.15) is 30.9 Å². The normalized spacial score (nSPS) is 25.6. The molecule has 2 aromatic rings. The number of fused-ring (bicyclic) bond motifs is 2. The van der Waals surface area contributed by atoms with Crippen LogP contribution in [0.3, 0.4) is 0 Å². The molecule has 1 aromatic carbocycles. The fourth-order valence-electron chi connectivity index (χ4n) is 3.90. The third kappa shape index (κ3) is 3.15. The van der Waals surface area contributed by atoms with Gasteiger partial charge in [-0.15, -0.1) is 11.3 Å². The molecular formula is C21H25N3S. The van der Waals surface area contributed by atoms with Gasteiger partial charge in [0.2, 0.25) is 4.80 Å². The lowest BCUT2D eigenvalue weighted by molar-refractivity contribution is 0.589. The maximum Gasteiger partial charge on any atom is 0.206 e. The highest BCUT2D eigenvalue weighted by molar-refractivity contribution is 7.07. The second kappa shape index (κ2) is 6.75. The molecule has 0 aliphatic heterocycles. The number of aromatic nitrogens is 1. The Morgan fingerprint density at radius 3 is 2.76 bits per heavy atom. The molecule has 1 saturated carbocycles. The minimum atomic E-state index is 0.574. The van der Waals surface area contributed by atoms with E-state index in [4.69, 9.17) is 5.10 Å². The lowest BCUT2D eigenvalue weighted by atomic mass is 9.95. The predicted molar refractivity (Wildman–Crippen MR) is 106 cm³/mol. The van der Waals surface area contributed by atoms with Crippen LogP contribution in [0.25, 0.3) is 11.3 Å². The highest BCUT2D eigenvalue weighted by Crippen LogP contribution is 2.42. The number of nitrogens with zero attached hydrogens (tertiary/aromatic N) is 3. The molecule has 3 unspecified atom stereocenters. The molecule has 0 saturated heterocycles. The molecule has 3 atom stereocenters. The summed E-state index contributed by atoms with van der Waals surface area (Å²) in [5, 5.41) is 7.07. The van der Waals surface area contributed by atoms with Crippen LogP contribution < -0.4 is 4.80 Å². The second-order valence-electron chi connectivity index (χ2n) is 7.20. The Morgan fingerprint density at radius 2 is 2.08 bits per heavy atom. The molecule has 1 aromatic heterocycles. The molecule has 1 heterocycles. The van der Waals surface area contributed by atoms with Gasteiger partial charge in [0.25, 0.3) is 0 Å². The maximum atomic E-state index is 4.89. The van der Waals surface area contributed by atoms with Crippen LogP contribution in [0.2, 0.25) is 0 Å². The third-order valence-electron chi connectivity index (χ3n) is 5.49. The molecule has 130 valence electrons. The molecular weight excluding hydrogens is 326 g/mol. The van der Waals surface area contributed by atoms with Crippen molar-refractivity contribution in [1.29, 1.82) is 0 Å². The fraction of sp³-hybridized carbons (Fsp3) is 0.429. The van der Waals surface area contributed by atoms with Crippen LogP contribution in [-0.2, 0) is 0 Å². The minimum absolute atomic E-state index is 0.574. The number of allylic oxidation sites excluding steroid dienone is 2. The van der Waals surface area contributed by atoms with Crippen molar-refractivity contribution in [3.05, 3.63) is 51.7 Å². The van der Waals surface area contributed by atoms with Crippen LogP contribution in [0.4, 0.5) is 0 Å². The van der Waals surface area contributed by atoms with Gasteiger partial charge in [0.15, 0.2) is 0 Å². The fourth-order valence-corrected chi connectivity index (χ4v) is 4.80. The van der Waals surface area contributed by atoms with E-state index in [2.05, 4.69) is 67.7 Å². The van der Waals surface area contributed by atoms with E-state index in [0.717, 1.165) is 23.0 Å². The number of thiazole rings is 1. The molecule has 0 spiro atoms. The molecule has 2 bridgehead atoms. The standard InChI is InChI=1S/C21H25N3S/c1-4-22-21-24(23-12-19-11-16-6-8-17(19)10-16)20(13-25-21)18-7-5-14(2)15(3)9-18/h5-9,12-13,16-17,19H,4,10-11H2,1-3H3. The molecule has 4 rings (SSSR count). The maximum absolute atomic E-state index is 4.89. The Morgan fingerprint density at radius 1 is 1.20 bits per heavy atom. The monoisotopic (exact) mass is 351 g/mol. The van der Waals surface area contributed by atoms with Gasteiger partial charge in [-0.05, 0) is 62.6 Å². The van der Waals surface area contributed by atoms with Gasteiger partial charge < -0.3 is 0 Å². The Kier molecular flexibility index (Phi) is 4.46. The molecule has 3 nitrogen and oxygen atoms in total. The van der Waals surface area contributed by atoms with Crippen molar-refractivity contribution >= 4 is 17.6 Å². The zero-order chi connectivity index (χ0) is 17.4. The summed E-state index contributed by atoms with van der Waals surface area (Å²) >= 11 is 1.67. The number of hydrogen-bond acceptors (Lipinski definition) is 3. The van der Waals surface area contributed by atoms with Gasteiger partial charge in [-0.3, -0.25) is 4.99 Å². The van der Waals surface area contributed by atoms with Crippen molar-refractivity contribution in [2.75, 3.05) is 6.54 Å². The van der Waals surface area contributed by atoms with Gasteiger partial charge in [-0.2, -0.15) is 5.10 Å². The van der Waals surface area contributed by atoms with Crippen molar-refractivity contribution in [3.8, 4) is 11.3 Å². The number of benzene rings is 1. The van der Waals surface area contributed by atoms with Crippen molar-refractivity contribution in [2.24, 2.45) is 27.8 Å². The van der Waals surface area contributed by atoms with E-state index in [-0.39, 0.29) is 0 Å². The summed E-state index contributed by atoms with van der Waals surface area (Å²) in [4.78, 5) is 5.62. The van der Waals surface area contributed by atoms with E-state index in [0.29, 0.717) is 11.8 Å². The number of rotatable bonds is 4. The van der Waals surface area contributed by atoms with E-state index < -0.39 is 0 Å². The van der Waals surface area contributed by atoms with E-state index >= 15 is 0 Å². The molecule has 0 amide bonds. The van der Waals surface area contributed by atoms with Crippen LogP contribution in [0.15, 0.2) is 45.8 Å². The molecule has 4 heteroatoms. The van der Waals surface area contributed by atoms with Crippen LogP contribution in [0.5, 0.6) is 0 Å². The van der Waals surface area contributed by atoms with Crippen molar-refractivity contribution in [1.82, 2.24) is 4.68 Å². The lowest BCUT2D eigenvalue weighted by Crippen LogP contribution is -2.15. The molecule has 1 fully saturated rings. The van der Waals surface area contributed by atoms with Gasteiger partial charge in [-0.1, -0.05) is 24.3 Å². The summed E-state index contributed by atoms with van der Waals surface area (Å²) in [7, 11) is 0. The zero-order valence-electron chi connectivity index (χ0n) is 15.1. The molecule has 25 heavy (non-hydrogen) atoms. The highest BCUT2D eigenvalue weighted by Gasteiger charge is 2.34.